The first kappa shape index (κ1) is 19.3. The van der Waals surface area contributed by atoms with Gasteiger partial charge in [-0.25, -0.2) is 4.39 Å². The molecular weight excluding hydrogens is 338 g/mol. The third kappa shape index (κ3) is 4.99. The summed E-state index contributed by atoms with van der Waals surface area (Å²) in [5, 5.41) is -0.928. The van der Waals surface area contributed by atoms with E-state index in [4.69, 9.17) is 17.3 Å². The maximum absolute atomic E-state index is 13.4. The Balaban J connectivity index is 0.00000361. The van der Waals surface area contributed by atoms with Gasteiger partial charge in [0.05, 0.1) is 17.0 Å². The highest BCUT2D eigenvalue weighted by molar-refractivity contribution is 6.30. The molecule has 1 aromatic carbocycles. The molecule has 0 saturated heterocycles. The normalized spacial score (nSPS) is 13.8. The minimum atomic E-state index is -4.86. The molecule has 0 aromatic heterocycles. The predicted octanol–water partition coefficient (Wildman–Crippen LogP) is 4.87. The van der Waals surface area contributed by atoms with E-state index in [0.29, 0.717) is 6.07 Å². The summed E-state index contributed by atoms with van der Waals surface area (Å²) >= 11 is 5.23. The molecule has 0 saturated carbocycles. The molecule has 0 aliphatic rings. The molecule has 0 unspecified atom stereocenters. The monoisotopic (exact) mass is 345 g/mol. The molecule has 0 heterocycles. The highest BCUT2D eigenvalue weighted by Gasteiger charge is 2.36. The van der Waals surface area contributed by atoms with Crippen LogP contribution in [-0.4, -0.2) is 6.18 Å². The molecule has 10 heteroatoms. The van der Waals surface area contributed by atoms with Gasteiger partial charge in [-0.1, -0.05) is 11.6 Å². The molecule has 0 radical (unpaired) electrons. The summed E-state index contributed by atoms with van der Waals surface area (Å²) in [6, 6.07) is -1.43. The van der Waals surface area contributed by atoms with Crippen LogP contribution in [0.25, 0.3) is 0 Å². The molecule has 20 heavy (non-hydrogen) atoms. The Morgan fingerprint density at radius 3 is 2.00 bits per heavy atom. The van der Waals surface area contributed by atoms with Gasteiger partial charge in [0.15, 0.2) is 0 Å². The van der Waals surface area contributed by atoms with Gasteiger partial charge >= 0.3 is 12.4 Å². The lowest BCUT2D eigenvalue weighted by Crippen LogP contribution is -2.22. The Bertz CT molecular complexity index is 470. The van der Waals surface area contributed by atoms with Crippen molar-refractivity contribution in [3.63, 3.8) is 0 Å². The van der Waals surface area contributed by atoms with Crippen molar-refractivity contribution in [2.75, 3.05) is 0 Å². The van der Waals surface area contributed by atoms with Crippen molar-refractivity contribution in [2.45, 2.75) is 24.8 Å². The average molecular weight is 346 g/mol. The maximum Gasteiger partial charge on any atom is 0.416 e. The summed E-state index contributed by atoms with van der Waals surface area (Å²) < 4.78 is 87.1. The Kier molecular flexibility index (Phi) is 6.13. The van der Waals surface area contributed by atoms with E-state index in [1.54, 1.807) is 0 Å². The second kappa shape index (κ2) is 6.36. The molecule has 0 aliphatic heterocycles. The molecule has 116 valence electrons. The topological polar surface area (TPSA) is 26.0 Å². The van der Waals surface area contributed by atoms with Crippen molar-refractivity contribution in [1.82, 2.24) is 0 Å². The van der Waals surface area contributed by atoms with E-state index in [2.05, 4.69) is 0 Å². The number of benzene rings is 1. The van der Waals surface area contributed by atoms with Crippen LogP contribution in [0.1, 0.15) is 23.6 Å². The van der Waals surface area contributed by atoms with Gasteiger partial charge in [0.1, 0.15) is 5.82 Å². The SMILES string of the molecule is Cl.N[C@H](CC(F)(F)F)c1cc(C(F)(F)F)cc(Cl)c1F. The van der Waals surface area contributed by atoms with Gasteiger partial charge in [0.25, 0.3) is 0 Å². The fourth-order valence-electron chi connectivity index (χ4n) is 1.40. The average Bonchev–Trinajstić information content (AvgIpc) is 2.17. The summed E-state index contributed by atoms with van der Waals surface area (Å²) in [6.45, 7) is 0. The van der Waals surface area contributed by atoms with Gasteiger partial charge in [-0.05, 0) is 12.1 Å². The third-order valence-electron chi connectivity index (χ3n) is 2.23. The van der Waals surface area contributed by atoms with Crippen LogP contribution in [0, 0.1) is 5.82 Å². The molecule has 0 amide bonds. The number of halogens is 9. The summed E-state index contributed by atoms with van der Waals surface area (Å²) in [6.07, 6.45) is -11.2. The number of rotatable bonds is 2. The molecule has 0 bridgehead atoms. The fraction of sp³-hybridized carbons (Fsp3) is 0.400. The van der Waals surface area contributed by atoms with Crippen LogP contribution >= 0.6 is 24.0 Å². The quantitative estimate of drug-likeness (QED) is 0.760. The van der Waals surface area contributed by atoms with Gasteiger partial charge in [0, 0.05) is 11.6 Å². The first-order chi connectivity index (χ1) is 8.42. The van der Waals surface area contributed by atoms with Gasteiger partial charge in [-0.15, -0.1) is 12.4 Å². The lowest BCUT2D eigenvalue weighted by molar-refractivity contribution is -0.138. The Morgan fingerprint density at radius 1 is 1.10 bits per heavy atom. The smallest absolute Gasteiger partial charge is 0.324 e. The fourth-order valence-corrected chi connectivity index (χ4v) is 1.63. The predicted molar refractivity (Wildman–Crippen MR) is 61.3 cm³/mol. The lowest BCUT2D eigenvalue weighted by atomic mass is 10.0. The Hall–Kier alpha value is -0.730. The van der Waals surface area contributed by atoms with E-state index in [-0.39, 0.29) is 18.5 Å². The molecular formula is C10H8Cl2F7N. The van der Waals surface area contributed by atoms with Gasteiger partial charge < -0.3 is 5.73 Å². The summed E-state index contributed by atoms with van der Waals surface area (Å²) in [4.78, 5) is 0. The van der Waals surface area contributed by atoms with Crippen molar-refractivity contribution in [2.24, 2.45) is 5.73 Å². The van der Waals surface area contributed by atoms with E-state index in [1.807, 2.05) is 0 Å². The van der Waals surface area contributed by atoms with E-state index in [0.717, 1.165) is 0 Å². The van der Waals surface area contributed by atoms with E-state index >= 15 is 0 Å². The molecule has 1 rings (SSSR count). The highest BCUT2D eigenvalue weighted by atomic mass is 35.5. The number of alkyl halides is 6. The standard InChI is InChI=1S/C10H7ClF7N.ClH/c11-6-2-4(10(16,17)18)1-5(8(6)12)7(19)3-9(13,14)15;/h1-2,7H,3,19H2;1H/t7-;/m1./s1. The van der Waals surface area contributed by atoms with Crippen molar-refractivity contribution in [1.29, 1.82) is 0 Å². The zero-order chi connectivity index (χ0) is 15.0. The largest absolute Gasteiger partial charge is 0.416 e. The zero-order valence-electron chi connectivity index (χ0n) is 9.45. The van der Waals surface area contributed by atoms with Gasteiger partial charge in [-0.3, -0.25) is 0 Å². The third-order valence-corrected chi connectivity index (χ3v) is 2.51. The van der Waals surface area contributed by atoms with Gasteiger partial charge in [0.2, 0.25) is 0 Å². The van der Waals surface area contributed by atoms with Crippen LogP contribution < -0.4 is 5.73 Å². The minimum Gasteiger partial charge on any atom is -0.324 e. The van der Waals surface area contributed by atoms with Crippen LogP contribution in [0.4, 0.5) is 30.7 Å². The number of hydrogen-bond donors (Lipinski definition) is 1. The molecule has 0 spiro atoms. The summed E-state index contributed by atoms with van der Waals surface area (Å²) in [7, 11) is 0. The van der Waals surface area contributed by atoms with Crippen molar-refractivity contribution in [3.05, 3.63) is 34.1 Å². The molecule has 1 atom stereocenters. The van der Waals surface area contributed by atoms with Crippen molar-refractivity contribution >= 4 is 24.0 Å². The second-order valence-electron chi connectivity index (χ2n) is 3.78. The highest BCUT2D eigenvalue weighted by Crippen LogP contribution is 2.37. The Morgan fingerprint density at radius 2 is 1.60 bits per heavy atom. The molecule has 0 fully saturated rings. The van der Waals surface area contributed by atoms with Crippen molar-refractivity contribution in [3.8, 4) is 0 Å². The molecule has 0 aliphatic carbocycles. The van der Waals surface area contributed by atoms with Crippen LogP contribution in [0.3, 0.4) is 0 Å². The molecule has 1 nitrogen and oxygen atoms in total. The summed E-state index contributed by atoms with van der Waals surface area (Å²) in [5.41, 5.74) is 2.80. The Labute approximate surface area is 120 Å². The van der Waals surface area contributed by atoms with E-state index in [9.17, 15) is 30.7 Å². The number of hydrogen-bond acceptors (Lipinski definition) is 1. The lowest BCUT2D eigenvalue weighted by Gasteiger charge is -2.17. The first-order valence-electron chi connectivity index (χ1n) is 4.80. The maximum atomic E-state index is 13.4. The van der Waals surface area contributed by atoms with Gasteiger partial charge in [-0.2, -0.15) is 26.3 Å². The second-order valence-corrected chi connectivity index (χ2v) is 4.19. The number of nitrogens with two attached hydrogens (primary N) is 1. The van der Waals surface area contributed by atoms with Crippen LogP contribution in [-0.2, 0) is 6.18 Å². The van der Waals surface area contributed by atoms with Crippen LogP contribution in [0.15, 0.2) is 12.1 Å². The zero-order valence-corrected chi connectivity index (χ0v) is 11.0. The van der Waals surface area contributed by atoms with Crippen LogP contribution in [0.5, 0.6) is 0 Å². The molecule has 2 N–H and O–H groups in total. The van der Waals surface area contributed by atoms with Crippen molar-refractivity contribution < 1.29 is 30.7 Å². The van der Waals surface area contributed by atoms with Crippen LogP contribution in [0.2, 0.25) is 5.02 Å². The summed E-state index contributed by atoms with van der Waals surface area (Å²) in [5.74, 6) is -1.38. The van der Waals surface area contributed by atoms with E-state index < -0.39 is 46.8 Å². The van der Waals surface area contributed by atoms with E-state index in [1.165, 1.54) is 0 Å². The molecule has 1 aromatic rings. The first-order valence-corrected chi connectivity index (χ1v) is 5.18. The minimum absolute atomic E-state index is 0.